The molecular weight excluding hydrogens is 262 g/mol. The molecule has 0 saturated heterocycles. The summed E-state index contributed by atoms with van der Waals surface area (Å²) in [5, 5.41) is 3.14. The summed E-state index contributed by atoms with van der Waals surface area (Å²) >= 11 is 0. The highest BCUT2D eigenvalue weighted by Crippen LogP contribution is 2.30. The molecule has 21 heavy (non-hydrogen) atoms. The molecule has 1 atom stereocenters. The Bertz CT molecular complexity index is 822. The van der Waals surface area contributed by atoms with Crippen LogP contribution in [-0.2, 0) is 6.42 Å². The van der Waals surface area contributed by atoms with Crippen molar-refractivity contribution in [3.63, 3.8) is 0 Å². The second-order valence-electron chi connectivity index (χ2n) is 5.40. The van der Waals surface area contributed by atoms with E-state index in [1.165, 1.54) is 11.1 Å². The van der Waals surface area contributed by atoms with E-state index in [1.54, 1.807) is 6.33 Å². The van der Waals surface area contributed by atoms with Crippen molar-refractivity contribution in [3.05, 3.63) is 65.5 Å². The fourth-order valence-electron chi connectivity index (χ4n) is 3.03. The van der Waals surface area contributed by atoms with Gasteiger partial charge in [0.15, 0.2) is 0 Å². The molecule has 1 aromatic heterocycles. The summed E-state index contributed by atoms with van der Waals surface area (Å²) in [7, 11) is 0. The van der Waals surface area contributed by atoms with Gasteiger partial charge < -0.3 is 10.3 Å². The van der Waals surface area contributed by atoms with E-state index >= 15 is 0 Å². The number of amides is 1. The van der Waals surface area contributed by atoms with Gasteiger partial charge in [0.1, 0.15) is 0 Å². The Hall–Kier alpha value is -2.62. The van der Waals surface area contributed by atoms with E-state index in [1.807, 2.05) is 24.3 Å². The van der Waals surface area contributed by atoms with E-state index < -0.39 is 0 Å². The molecule has 2 N–H and O–H groups in total. The molecule has 2 aromatic carbocycles. The second kappa shape index (κ2) is 4.74. The Morgan fingerprint density at radius 3 is 3.10 bits per heavy atom. The Balaban J connectivity index is 1.58. The largest absolute Gasteiger partial charge is 0.345 e. The van der Waals surface area contributed by atoms with Crippen molar-refractivity contribution in [3.8, 4) is 0 Å². The lowest BCUT2D eigenvalue weighted by atomic mass is 10.1. The van der Waals surface area contributed by atoms with Crippen LogP contribution in [0.25, 0.3) is 11.0 Å². The zero-order chi connectivity index (χ0) is 14.2. The predicted octanol–water partition coefficient (Wildman–Crippen LogP) is 2.98. The first-order valence-corrected chi connectivity index (χ1v) is 7.13. The van der Waals surface area contributed by atoms with Crippen molar-refractivity contribution in [2.24, 2.45) is 0 Å². The molecule has 4 nitrogen and oxygen atoms in total. The molecule has 0 unspecified atom stereocenters. The molecule has 0 radical (unpaired) electrons. The van der Waals surface area contributed by atoms with E-state index in [4.69, 9.17) is 0 Å². The molecule has 0 spiro atoms. The average molecular weight is 277 g/mol. The third-order valence-corrected chi connectivity index (χ3v) is 4.12. The summed E-state index contributed by atoms with van der Waals surface area (Å²) in [5.41, 5.74) is 5.00. The number of nitrogens with one attached hydrogen (secondary N) is 2. The number of carbonyl (C=O) groups excluding carboxylic acids is 1. The van der Waals surface area contributed by atoms with Gasteiger partial charge in [-0.15, -0.1) is 0 Å². The van der Waals surface area contributed by atoms with Crippen LogP contribution in [0.5, 0.6) is 0 Å². The Morgan fingerprint density at radius 1 is 1.24 bits per heavy atom. The molecule has 0 bridgehead atoms. The van der Waals surface area contributed by atoms with Gasteiger partial charge in [0.05, 0.1) is 23.4 Å². The first-order chi connectivity index (χ1) is 10.3. The normalized spacial score (nSPS) is 16.9. The van der Waals surface area contributed by atoms with Crippen molar-refractivity contribution in [1.29, 1.82) is 0 Å². The molecule has 3 aromatic rings. The van der Waals surface area contributed by atoms with Gasteiger partial charge in [-0.25, -0.2) is 4.98 Å². The molecule has 0 fully saturated rings. The Kier molecular flexibility index (Phi) is 2.74. The van der Waals surface area contributed by atoms with Crippen LogP contribution in [0.3, 0.4) is 0 Å². The first-order valence-electron chi connectivity index (χ1n) is 7.13. The Labute approximate surface area is 122 Å². The van der Waals surface area contributed by atoms with Gasteiger partial charge in [0, 0.05) is 5.56 Å². The molecule has 104 valence electrons. The minimum atomic E-state index is -0.0341. The van der Waals surface area contributed by atoms with Crippen LogP contribution in [0.15, 0.2) is 48.8 Å². The Morgan fingerprint density at radius 2 is 2.14 bits per heavy atom. The van der Waals surface area contributed by atoms with E-state index in [0.29, 0.717) is 5.56 Å². The lowest BCUT2D eigenvalue weighted by molar-refractivity contribution is 0.0937. The summed E-state index contributed by atoms with van der Waals surface area (Å²) in [4.78, 5) is 19.6. The summed E-state index contributed by atoms with van der Waals surface area (Å²) in [6.45, 7) is 0. The maximum absolute atomic E-state index is 12.4. The number of imidazole rings is 1. The van der Waals surface area contributed by atoms with E-state index in [9.17, 15) is 4.79 Å². The third kappa shape index (κ3) is 2.09. The van der Waals surface area contributed by atoms with Gasteiger partial charge in [-0.3, -0.25) is 4.79 Å². The summed E-state index contributed by atoms with van der Waals surface area (Å²) in [5.74, 6) is -0.0341. The fraction of sp³-hybridized carbons (Fsp3) is 0.176. The van der Waals surface area contributed by atoms with Gasteiger partial charge >= 0.3 is 0 Å². The van der Waals surface area contributed by atoms with Crippen LogP contribution in [0.2, 0.25) is 0 Å². The highest BCUT2D eigenvalue weighted by molar-refractivity contribution is 5.97. The van der Waals surface area contributed by atoms with Gasteiger partial charge in [-0.1, -0.05) is 24.3 Å². The lowest BCUT2D eigenvalue weighted by Gasteiger charge is -2.14. The summed E-state index contributed by atoms with van der Waals surface area (Å²) in [6.07, 6.45) is 3.64. The topological polar surface area (TPSA) is 57.8 Å². The molecule has 1 heterocycles. The minimum Gasteiger partial charge on any atom is -0.345 e. The predicted molar refractivity (Wildman–Crippen MR) is 81.1 cm³/mol. The molecule has 1 amide bonds. The molecule has 4 heteroatoms. The number of aryl methyl sites for hydroxylation is 1. The number of hydrogen-bond acceptors (Lipinski definition) is 2. The van der Waals surface area contributed by atoms with Crippen molar-refractivity contribution >= 4 is 16.9 Å². The number of aromatic nitrogens is 2. The number of aromatic amines is 1. The molecule has 0 aliphatic heterocycles. The second-order valence-corrected chi connectivity index (χ2v) is 5.40. The number of hydrogen-bond donors (Lipinski definition) is 2. The standard InChI is InChI=1S/C17H15N3O/c21-17(12-6-8-15-16(9-12)19-10-18-15)20-14-7-5-11-3-1-2-4-13(11)14/h1-4,6,8-10,14H,5,7H2,(H,18,19)(H,20,21)/t14-/m0/s1. The number of fused-ring (bicyclic) bond motifs is 2. The van der Waals surface area contributed by atoms with Crippen LogP contribution in [-0.4, -0.2) is 15.9 Å². The zero-order valence-corrected chi connectivity index (χ0v) is 11.5. The van der Waals surface area contributed by atoms with Crippen LogP contribution in [0.1, 0.15) is 33.9 Å². The molecule has 4 rings (SSSR count). The quantitative estimate of drug-likeness (QED) is 0.756. The van der Waals surface area contributed by atoms with E-state index in [-0.39, 0.29) is 11.9 Å². The highest BCUT2D eigenvalue weighted by Gasteiger charge is 2.23. The van der Waals surface area contributed by atoms with Gasteiger partial charge in [-0.05, 0) is 42.2 Å². The average Bonchev–Trinajstić information content (AvgIpc) is 3.13. The van der Waals surface area contributed by atoms with Crippen molar-refractivity contribution in [2.45, 2.75) is 18.9 Å². The van der Waals surface area contributed by atoms with Crippen LogP contribution in [0, 0.1) is 0 Å². The summed E-state index contributed by atoms with van der Waals surface area (Å²) in [6, 6.07) is 14.0. The summed E-state index contributed by atoms with van der Waals surface area (Å²) < 4.78 is 0. The molecule has 1 aliphatic carbocycles. The minimum absolute atomic E-state index is 0.0341. The number of nitrogens with zero attached hydrogens (tertiary/aromatic N) is 1. The van der Waals surface area contributed by atoms with Crippen LogP contribution < -0.4 is 5.32 Å². The maximum Gasteiger partial charge on any atom is 0.251 e. The maximum atomic E-state index is 12.4. The van der Waals surface area contributed by atoms with Crippen molar-refractivity contribution < 1.29 is 4.79 Å². The van der Waals surface area contributed by atoms with Crippen molar-refractivity contribution in [2.75, 3.05) is 0 Å². The number of H-pyrrole nitrogens is 1. The lowest BCUT2D eigenvalue weighted by Crippen LogP contribution is -2.27. The first kappa shape index (κ1) is 12.1. The van der Waals surface area contributed by atoms with Crippen LogP contribution >= 0.6 is 0 Å². The smallest absolute Gasteiger partial charge is 0.251 e. The van der Waals surface area contributed by atoms with E-state index in [0.717, 1.165) is 23.9 Å². The monoisotopic (exact) mass is 277 g/mol. The van der Waals surface area contributed by atoms with E-state index in [2.05, 4.69) is 33.5 Å². The molecule has 1 aliphatic rings. The highest BCUT2D eigenvalue weighted by atomic mass is 16.1. The number of carbonyl (C=O) groups is 1. The number of benzene rings is 2. The fourth-order valence-corrected chi connectivity index (χ4v) is 3.03. The van der Waals surface area contributed by atoms with Crippen molar-refractivity contribution in [1.82, 2.24) is 15.3 Å². The van der Waals surface area contributed by atoms with Gasteiger partial charge in [0.25, 0.3) is 5.91 Å². The third-order valence-electron chi connectivity index (χ3n) is 4.12. The molecule has 0 saturated carbocycles. The van der Waals surface area contributed by atoms with Gasteiger partial charge in [-0.2, -0.15) is 0 Å². The number of rotatable bonds is 2. The van der Waals surface area contributed by atoms with Gasteiger partial charge in [0.2, 0.25) is 0 Å². The zero-order valence-electron chi connectivity index (χ0n) is 11.5. The molecular formula is C17H15N3O. The SMILES string of the molecule is O=C(N[C@H]1CCc2ccccc21)c1ccc2nc[nH]c2c1. The van der Waals surface area contributed by atoms with Crippen LogP contribution in [0.4, 0.5) is 0 Å².